The van der Waals surface area contributed by atoms with E-state index in [1.165, 1.54) is 12.8 Å². The zero-order valence-electron chi connectivity index (χ0n) is 9.69. The van der Waals surface area contributed by atoms with Gasteiger partial charge in [0.1, 0.15) is 0 Å². The Morgan fingerprint density at radius 2 is 1.94 bits per heavy atom. The Labute approximate surface area is 111 Å². The summed E-state index contributed by atoms with van der Waals surface area (Å²) in [4.78, 5) is 0.323. The highest BCUT2D eigenvalue weighted by molar-refractivity contribution is 9.10. The molecule has 1 unspecified atom stereocenters. The highest BCUT2D eigenvalue weighted by Gasteiger charge is 2.26. The Morgan fingerprint density at radius 3 is 2.47 bits per heavy atom. The number of hydrogen-bond donors (Lipinski definition) is 1. The lowest BCUT2D eigenvalue weighted by atomic mass is 10.2. The van der Waals surface area contributed by atoms with E-state index >= 15 is 0 Å². The number of hydrogen-bond acceptors (Lipinski definition) is 2. The normalized spacial score (nSPS) is 18.0. The summed E-state index contributed by atoms with van der Waals surface area (Å²) in [5.74, 6) is 0.720. The quantitative estimate of drug-likeness (QED) is 0.907. The van der Waals surface area contributed by atoms with Crippen LogP contribution in [0.3, 0.4) is 0 Å². The Hall–Kier alpha value is -0.390. The summed E-state index contributed by atoms with van der Waals surface area (Å²) in [6.07, 6.45) is 3.42. The summed E-state index contributed by atoms with van der Waals surface area (Å²) in [7, 11) is -3.36. The Kier molecular flexibility index (Phi) is 3.90. The first-order chi connectivity index (χ1) is 7.97. The lowest BCUT2D eigenvalue weighted by molar-refractivity contribution is 0.530. The van der Waals surface area contributed by atoms with Crippen molar-refractivity contribution < 1.29 is 8.42 Å². The monoisotopic (exact) mass is 317 g/mol. The van der Waals surface area contributed by atoms with Crippen molar-refractivity contribution in [1.82, 2.24) is 4.72 Å². The van der Waals surface area contributed by atoms with Gasteiger partial charge in [-0.05, 0) is 43.5 Å². The Bertz CT molecular complexity index is 480. The van der Waals surface area contributed by atoms with Gasteiger partial charge in [-0.15, -0.1) is 0 Å². The summed E-state index contributed by atoms with van der Waals surface area (Å²) in [6.45, 7) is 1.93. The Balaban J connectivity index is 2.04. The zero-order valence-corrected chi connectivity index (χ0v) is 12.1. The van der Waals surface area contributed by atoms with Crippen molar-refractivity contribution in [2.45, 2.75) is 37.1 Å². The molecule has 2 rings (SSSR count). The van der Waals surface area contributed by atoms with Crippen LogP contribution < -0.4 is 4.72 Å². The fourth-order valence-corrected chi connectivity index (χ4v) is 3.37. The minimum Gasteiger partial charge on any atom is -0.208 e. The van der Waals surface area contributed by atoms with Crippen LogP contribution in [-0.4, -0.2) is 14.5 Å². The molecule has 1 N–H and O–H groups in total. The van der Waals surface area contributed by atoms with E-state index < -0.39 is 10.0 Å². The second kappa shape index (κ2) is 5.08. The molecule has 1 aliphatic rings. The molecule has 1 aromatic carbocycles. The van der Waals surface area contributed by atoms with Crippen molar-refractivity contribution >= 4 is 26.0 Å². The van der Waals surface area contributed by atoms with Gasteiger partial charge in [-0.25, -0.2) is 13.1 Å². The summed E-state index contributed by atoms with van der Waals surface area (Å²) in [5, 5.41) is 0. The molecule has 0 bridgehead atoms. The number of halogens is 1. The second-order valence-electron chi connectivity index (χ2n) is 4.66. The van der Waals surface area contributed by atoms with Gasteiger partial charge in [0.15, 0.2) is 0 Å². The minimum atomic E-state index is -3.36. The molecule has 0 saturated heterocycles. The molecular weight excluding hydrogens is 302 g/mol. The Morgan fingerprint density at radius 1 is 1.35 bits per heavy atom. The van der Waals surface area contributed by atoms with Crippen LogP contribution in [0.25, 0.3) is 0 Å². The fraction of sp³-hybridized carbons (Fsp3) is 0.500. The molecule has 5 heteroatoms. The van der Waals surface area contributed by atoms with E-state index in [4.69, 9.17) is 0 Å². The molecule has 0 radical (unpaired) electrons. The van der Waals surface area contributed by atoms with E-state index in [-0.39, 0.29) is 6.04 Å². The maximum absolute atomic E-state index is 12.0. The topological polar surface area (TPSA) is 46.2 Å². The first-order valence-corrected chi connectivity index (χ1v) is 8.03. The van der Waals surface area contributed by atoms with Gasteiger partial charge in [0.05, 0.1) is 4.90 Å². The molecule has 94 valence electrons. The largest absolute Gasteiger partial charge is 0.240 e. The predicted molar refractivity (Wildman–Crippen MR) is 71.3 cm³/mol. The average Bonchev–Trinajstić information content (AvgIpc) is 3.01. The molecule has 0 aliphatic heterocycles. The van der Waals surface area contributed by atoms with Crippen LogP contribution in [0.1, 0.15) is 26.2 Å². The zero-order chi connectivity index (χ0) is 12.5. The summed E-state index contributed by atoms with van der Waals surface area (Å²) in [5.41, 5.74) is 0. The maximum atomic E-state index is 12.0. The minimum absolute atomic E-state index is 0.0103. The molecule has 3 nitrogen and oxygen atoms in total. The van der Waals surface area contributed by atoms with Gasteiger partial charge in [0, 0.05) is 10.5 Å². The highest BCUT2D eigenvalue weighted by atomic mass is 79.9. The number of benzene rings is 1. The van der Waals surface area contributed by atoms with Crippen LogP contribution in [0.5, 0.6) is 0 Å². The molecular formula is C12H16BrNO2S. The van der Waals surface area contributed by atoms with E-state index in [1.54, 1.807) is 24.3 Å². The highest BCUT2D eigenvalue weighted by Crippen LogP contribution is 2.33. The maximum Gasteiger partial charge on any atom is 0.240 e. The van der Waals surface area contributed by atoms with Gasteiger partial charge >= 0.3 is 0 Å². The third-order valence-corrected chi connectivity index (χ3v) is 5.00. The SMILES string of the molecule is CC(CC1CC1)NS(=O)(=O)c1ccc(Br)cc1. The molecule has 17 heavy (non-hydrogen) atoms. The predicted octanol–water partition coefficient (Wildman–Crippen LogP) is 2.92. The van der Waals surface area contributed by atoms with Gasteiger partial charge in [-0.2, -0.15) is 0 Å². The van der Waals surface area contributed by atoms with Crippen molar-refractivity contribution in [2.24, 2.45) is 5.92 Å². The van der Waals surface area contributed by atoms with Crippen molar-refractivity contribution in [2.75, 3.05) is 0 Å². The number of rotatable bonds is 5. The summed E-state index contributed by atoms with van der Waals surface area (Å²) < 4.78 is 27.7. The first kappa shape index (κ1) is 13.1. The molecule has 0 aromatic heterocycles. The summed E-state index contributed by atoms with van der Waals surface area (Å²) >= 11 is 3.29. The van der Waals surface area contributed by atoms with Gasteiger partial charge in [0.25, 0.3) is 0 Å². The molecule has 0 amide bonds. The first-order valence-electron chi connectivity index (χ1n) is 5.75. The van der Waals surface area contributed by atoms with Gasteiger partial charge in [-0.1, -0.05) is 28.8 Å². The number of nitrogens with one attached hydrogen (secondary N) is 1. The lowest BCUT2D eigenvalue weighted by Gasteiger charge is -2.13. The molecule has 1 fully saturated rings. The third-order valence-electron chi connectivity index (χ3n) is 2.86. The molecule has 0 heterocycles. The molecule has 1 saturated carbocycles. The van der Waals surface area contributed by atoms with Gasteiger partial charge < -0.3 is 0 Å². The van der Waals surface area contributed by atoms with Crippen molar-refractivity contribution in [1.29, 1.82) is 0 Å². The molecule has 1 aromatic rings. The fourth-order valence-electron chi connectivity index (χ4n) is 1.85. The van der Waals surface area contributed by atoms with Crippen molar-refractivity contribution in [3.8, 4) is 0 Å². The standard InChI is InChI=1S/C12H16BrNO2S/c1-9(8-10-2-3-10)14-17(15,16)12-6-4-11(13)5-7-12/h4-7,9-10,14H,2-3,8H2,1H3. The van der Waals surface area contributed by atoms with Crippen molar-refractivity contribution in [3.05, 3.63) is 28.7 Å². The smallest absolute Gasteiger partial charge is 0.208 e. The molecule has 1 aliphatic carbocycles. The van der Waals surface area contributed by atoms with Crippen LogP contribution in [0.15, 0.2) is 33.6 Å². The van der Waals surface area contributed by atoms with Crippen LogP contribution in [0.4, 0.5) is 0 Å². The molecule has 0 spiro atoms. The van der Waals surface area contributed by atoms with Crippen LogP contribution in [-0.2, 0) is 10.0 Å². The van der Waals surface area contributed by atoms with Gasteiger partial charge in [-0.3, -0.25) is 0 Å². The average molecular weight is 318 g/mol. The van der Waals surface area contributed by atoms with E-state index in [0.717, 1.165) is 16.8 Å². The number of sulfonamides is 1. The van der Waals surface area contributed by atoms with E-state index in [0.29, 0.717) is 4.90 Å². The van der Waals surface area contributed by atoms with Crippen molar-refractivity contribution in [3.63, 3.8) is 0 Å². The van der Waals surface area contributed by atoms with Crippen LogP contribution in [0.2, 0.25) is 0 Å². The lowest BCUT2D eigenvalue weighted by Crippen LogP contribution is -2.32. The van der Waals surface area contributed by atoms with Crippen LogP contribution >= 0.6 is 15.9 Å². The molecule has 1 atom stereocenters. The van der Waals surface area contributed by atoms with Crippen LogP contribution in [0, 0.1) is 5.92 Å². The van der Waals surface area contributed by atoms with Gasteiger partial charge in [0.2, 0.25) is 10.0 Å². The van der Waals surface area contributed by atoms with E-state index in [1.807, 2.05) is 6.92 Å². The summed E-state index contributed by atoms with van der Waals surface area (Å²) in [6, 6.07) is 6.70. The van der Waals surface area contributed by atoms with E-state index in [2.05, 4.69) is 20.7 Å². The van der Waals surface area contributed by atoms with E-state index in [9.17, 15) is 8.42 Å². The third kappa shape index (κ3) is 3.79. The second-order valence-corrected chi connectivity index (χ2v) is 7.28.